The van der Waals surface area contributed by atoms with E-state index in [0.29, 0.717) is 38.6 Å². The molecule has 2 N–H and O–H groups in total. The topological polar surface area (TPSA) is 102 Å². The van der Waals surface area contributed by atoms with Crippen molar-refractivity contribution in [2.45, 2.75) is 33.4 Å². The molecule has 1 aliphatic rings. The molecule has 9 heteroatoms. The minimum atomic E-state index is -0.629. The number of thiazole rings is 1. The van der Waals surface area contributed by atoms with Crippen LogP contribution in [0.4, 0.5) is 5.69 Å². The maximum Gasteiger partial charge on any atom is 0.338 e. The highest BCUT2D eigenvalue weighted by molar-refractivity contribution is 7.07. The van der Waals surface area contributed by atoms with Gasteiger partial charge in [0, 0.05) is 0 Å². The fourth-order valence-electron chi connectivity index (χ4n) is 4.51. The van der Waals surface area contributed by atoms with Crippen LogP contribution in [0.2, 0.25) is 0 Å². The first kappa shape index (κ1) is 27.1. The summed E-state index contributed by atoms with van der Waals surface area (Å²) in [5, 5.41) is 8.94. The van der Waals surface area contributed by atoms with Crippen molar-refractivity contribution >= 4 is 29.1 Å². The monoisotopic (exact) mass is 555 g/mol. The van der Waals surface area contributed by atoms with Crippen molar-refractivity contribution in [3.8, 4) is 5.75 Å². The summed E-state index contributed by atoms with van der Waals surface area (Å²) in [6.45, 7) is 6.14. The molecule has 1 unspecified atom stereocenters. The number of hydrogen-bond donors (Lipinski definition) is 2. The van der Waals surface area contributed by atoms with Crippen molar-refractivity contribution < 1.29 is 19.5 Å². The molecule has 0 bridgehead atoms. The van der Waals surface area contributed by atoms with Gasteiger partial charge in [-0.3, -0.25) is 20.0 Å². The molecule has 5 rings (SSSR count). The predicted molar refractivity (Wildman–Crippen MR) is 154 cm³/mol. The van der Waals surface area contributed by atoms with Gasteiger partial charge in [0.25, 0.3) is 5.56 Å². The van der Waals surface area contributed by atoms with Crippen LogP contribution in [0.15, 0.2) is 93.9 Å². The summed E-state index contributed by atoms with van der Waals surface area (Å²) in [7, 11) is 0. The highest BCUT2D eigenvalue weighted by Gasteiger charge is 2.33. The van der Waals surface area contributed by atoms with E-state index in [2.05, 4.69) is 10.5 Å². The van der Waals surface area contributed by atoms with Crippen LogP contribution in [0.5, 0.6) is 5.75 Å². The van der Waals surface area contributed by atoms with Gasteiger partial charge in [0.1, 0.15) is 12.4 Å². The molecule has 0 amide bonds. The summed E-state index contributed by atoms with van der Waals surface area (Å²) in [6, 6.07) is 21.9. The number of esters is 1. The molecule has 4 aromatic rings. The lowest BCUT2D eigenvalue weighted by atomic mass is 9.95. The van der Waals surface area contributed by atoms with Crippen LogP contribution < -0.4 is 25.1 Å². The number of benzene rings is 3. The largest absolute Gasteiger partial charge is 0.489 e. The number of hydrogen-bond acceptors (Lipinski definition) is 8. The summed E-state index contributed by atoms with van der Waals surface area (Å²) in [5.74, 6) is 0.220. The van der Waals surface area contributed by atoms with Gasteiger partial charge in [0.2, 0.25) is 0 Å². The van der Waals surface area contributed by atoms with E-state index < -0.39 is 12.0 Å². The molecule has 40 heavy (non-hydrogen) atoms. The first-order chi connectivity index (χ1) is 19.4. The zero-order chi connectivity index (χ0) is 28.2. The number of aryl methyl sites for hydroxylation is 1. The van der Waals surface area contributed by atoms with Crippen LogP contribution >= 0.6 is 11.3 Å². The Labute approximate surface area is 235 Å². The fraction of sp³-hybridized carbons (Fsp3) is 0.194. The number of allylic oxidation sites excluding steroid dienone is 1. The van der Waals surface area contributed by atoms with Gasteiger partial charge in [-0.1, -0.05) is 65.4 Å². The number of rotatable bonds is 8. The second-order valence-corrected chi connectivity index (χ2v) is 10.4. The molecule has 2 heterocycles. The summed E-state index contributed by atoms with van der Waals surface area (Å²) >= 11 is 1.29. The zero-order valence-electron chi connectivity index (χ0n) is 22.4. The number of aromatic nitrogens is 1. The van der Waals surface area contributed by atoms with Crippen LogP contribution in [0, 0.1) is 6.92 Å². The van der Waals surface area contributed by atoms with Crippen LogP contribution in [0.1, 0.15) is 42.1 Å². The SMILES string of the molecule is CCOC(=O)C1=C(C)N=c2sc(=Cc3ccc(OCc4ccc(NO)cc4)cc3)c(=O)n2C1c1ccc(C)cc1. The summed E-state index contributed by atoms with van der Waals surface area (Å²) in [4.78, 5) is 31.9. The van der Waals surface area contributed by atoms with Gasteiger partial charge in [0.15, 0.2) is 4.80 Å². The Bertz CT molecular complexity index is 1740. The Morgan fingerprint density at radius 3 is 2.40 bits per heavy atom. The number of carbonyl (C=O) groups excluding carboxylic acids is 1. The molecule has 1 atom stereocenters. The Kier molecular flexibility index (Phi) is 7.95. The molecule has 0 spiro atoms. The average Bonchev–Trinajstić information content (AvgIpc) is 3.26. The molecular weight excluding hydrogens is 526 g/mol. The Morgan fingerprint density at radius 1 is 1.05 bits per heavy atom. The van der Waals surface area contributed by atoms with Gasteiger partial charge in [0.05, 0.1) is 34.1 Å². The van der Waals surface area contributed by atoms with Crippen molar-refractivity contribution in [2.24, 2.45) is 4.99 Å². The second kappa shape index (κ2) is 11.7. The normalized spacial score (nSPS) is 14.9. The van der Waals surface area contributed by atoms with Gasteiger partial charge in [-0.25, -0.2) is 9.79 Å². The lowest BCUT2D eigenvalue weighted by Crippen LogP contribution is -2.39. The first-order valence-electron chi connectivity index (χ1n) is 12.9. The molecule has 1 aliphatic heterocycles. The minimum Gasteiger partial charge on any atom is -0.489 e. The van der Waals surface area contributed by atoms with Crippen molar-refractivity contribution in [3.05, 3.63) is 126 Å². The highest BCUT2D eigenvalue weighted by atomic mass is 32.1. The van der Waals surface area contributed by atoms with Crippen molar-refractivity contribution in [2.75, 3.05) is 12.1 Å². The highest BCUT2D eigenvalue weighted by Crippen LogP contribution is 2.30. The zero-order valence-corrected chi connectivity index (χ0v) is 23.2. The average molecular weight is 556 g/mol. The molecule has 0 aliphatic carbocycles. The Hall–Kier alpha value is -4.47. The van der Waals surface area contributed by atoms with Gasteiger partial charge >= 0.3 is 5.97 Å². The standard InChI is InChI=1S/C31H29N3O5S/c1-4-38-30(36)27-20(3)32-31-34(28(27)23-11-5-19(2)6-12-23)29(35)26(40-31)17-21-9-15-25(16-10-21)39-18-22-7-13-24(33-37)14-8-22/h5-17,28,33,37H,4,18H2,1-3H3. The third-order valence-electron chi connectivity index (χ3n) is 6.58. The van der Waals surface area contributed by atoms with E-state index in [9.17, 15) is 9.59 Å². The maximum absolute atomic E-state index is 13.7. The number of ether oxygens (including phenoxy) is 2. The number of nitrogens with zero attached hydrogens (tertiary/aromatic N) is 2. The lowest BCUT2D eigenvalue weighted by Gasteiger charge is -2.24. The fourth-order valence-corrected chi connectivity index (χ4v) is 5.56. The molecule has 0 saturated heterocycles. The summed E-state index contributed by atoms with van der Waals surface area (Å²) in [5.41, 5.74) is 7.11. The predicted octanol–water partition coefficient (Wildman–Crippen LogP) is 4.49. The van der Waals surface area contributed by atoms with Gasteiger partial charge in [-0.2, -0.15) is 0 Å². The molecule has 0 saturated carbocycles. The Balaban J connectivity index is 1.46. The number of nitrogens with one attached hydrogen (secondary N) is 1. The van der Waals surface area contributed by atoms with Crippen molar-refractivity contribution in [1.82, 2.24) is 4.57 Å². The minimum absolute atomic E-state index is 0.218. The first-order valence-corrected chi connectivity index (χ1v) is 13.7. The molecule has 1 aromatic heterocycles. The molecule has 0 fully saturated rings. The van der Waals surface area contributed by atoms with Crippen LogP contribution in [-0.2, 0) is 16.1 Å². The van der Waals surface area contributed by atoms with Crippen LogP contribution in [0.25, 0.3) is 6.08 Å². The maximum atomic E-state index is 13.7. The third kappa shape index (κ3) is 5.61. The van der Waals surface area contributed by atoms with Crippen molar-refractivity contribution in [3.63, 3.8) is 0 Å². The molecule has 0 radical (unpaired) electrons. The third-order valence-corrected chi connectivity index (χ3v) is 7.56. The Morgan fingerprint density at radius 2 is 1.75 bits per heavy atom. The van der Waals surface area contributed by atoms with E-state index in [1.165, 1.54) is 11.3 Å². The number of anilines is 1. The molecule has 8 nitrogen and oxygen atoms in total. The number of fused-ring (bicyclic) bond motifs is 1. The van der Waals surface area contributed by atoms with Crippen LogP contribution in [-0.4, -0.2) is 22.4 Å². The molecule has 3 aromatic carbocycles. The smallest absolute Gasteiger partial charge is 0.338 e. The van der Waals surface area contributed by atoms with E-state index in [1.807, 2.05) is 73.7 Å². The van der Waals surface area contributed by atoms with E-state index in [-0.39, 0.29) is 12.2 Å². The van der Waals surface area contributed by atoms with E-state index in [1.54, 1.807) is 30.5 Å². The second-order valence-electron chi connectivity index (χ2n) is 9.38. The number of carbonyl (C=O) groups is 1. The van der Waals surface area contributed by atoms with E-state index in [0.717, 1.165) is 22.3 Å². The van der Waals surface area contributed by atoms with E-state index >= 15 is 0 Å². The van der Waals surface area contributed by atoms with Crippen molar-refractivity contribution in [1.29, 1.82) is 0 Å². The van der Waals surface area contributed by atoms with E-state index in [4.69, 9.17) is 14.7 Å². The van der Waals surface area contributed by atoms with Crippen LogP contribution in [0.3, 0.4) is 0 Å². The van der Waals surface area contributed by atoms with Gasteiger partial charge in [-0.15, -0.1) is 0 Å². The quantitative estimate of drug-likeness (QED) is 0.246. The molecular formula is C31H29N3O5S. The molecule has 204 valence electrons. The van der Waals surface area contributed by atoms with Gasteiger partial charge in [-0.05, 0) is 67.8 Å². The van der Waals surface area contributed by atoms with Gasteiger partial charge < -0.3 is 9.47 Å². The summed E-state index contributed by atoms with van der Waals surface area (Å²) < 4.78 is 13.3. The lowest BCUT2D eigenvalue weighted by molar-refractivity contribution is -0.139. The summed E-state index contributed by atoms with van der Waals surface area (Å²) in [6.07, 6.45) is 1.82.